The van der Waals surface area contributed by atoms with E-state index in [4.69, 9.17) is 26.0 Å². The fourth-order valence-electron chi connectivity index (χ4n) is 3.56. The van der Waals surface area contributed by atoms with Gasteiger partial charge in [-0.3, -0.25) is 4.40 Å². The maximum atomic E-state index is 5.96. The zero-order chi connectivity index (χ0) is 20.8. The number of imidazole rings is 1. The zero-order valence-corrected chi connectivity index (χ0v) is 17.6. The Morgan fingerprint density at radius 2 is 1.61 bits per heavy atom. The first-order valence-electron chi connectivity index (χ1n) is 9.63. The van der Waals surface area contributed by atoms with Crippen LogP contribution >= 0.6 is 23.4 Å². The molecule has 0 amide bonds. The Kier molecular flexibility index (Phi) is 4.36. The molecule has 3 heterocycles. The highest BCUT2D eigenvalue weighted by Gasteiger charge is 2.16. The Hall–Kier alpha value is -3.42. The smallest absolute Gasteiger partial charge is 0.247 e. The van der Waals surface area contributed by atoms with Crippen molar-refractivity contribution in [2.45, 2.75) is 10.9 Å². The van der Waals surface area contributed by atoms with E-state index in [0.29, 0.717) is 22.6 Å². The highest BCUT2D eigenvalue weighted by Crippen LogP contribution is 2.30. The molecule has 0 fully saturated rings. The van der Waals surface area contributed by atoms with Gasteiger partial charge < -0.3 is 4.42 Å². The largest absolute Gasteiger partial charge is 0.420 e. The van der Waals surface area contributed by atoms with Gasteiger partial charge >= 0.3 is 0 Å². The molecule has 0 aliphatic heterocycles. The summed E-state index contributed by atoms with van der Waals surface area (Å²) in [5.41, 5.74) is 4.58. The number of halogens is 1. The number of thioether (sulfide) groups is 1. The minimum Gasteiger partial charge on any atom is -0.420 e. The first-order valence-corrected chi connectivity index (χ1v) is 11.0. The van der Waals surface area contributed by atoms with Crippen molar-refractivity contribution in [1.82, 2.24) is 24.6 Å². The van der Waals surface area contributed by atoms with Crippen LogP contribution in [0.25, 0.3) is 39.0 Å². The molecular weight excluding hydrogens is 430 g/mol. The van der Waals surface area contributed by atoms with Gasteiger partial charge in [-0.15, -0.1) is 10.2 Å². The van der Waals surface area contributed by atoms with Gasteiger partial charge in [-0.25, -0.2) is 9.97 Å². The lowest BCUT2D eigenvalue weighted by Gasteiger charge is -2.07. The summed E-state index contributed by atoms with van der Waals surface area (Å²) in [5.74, 6) is 1.49. The fraction of sp³-hybridized carbons (Fsp3) is 0.0435. The molecule has 0 aliphatic rings. The number of rotatable bonds is 4. The van der Waals surface area contributed by atoms with Gasteiger partial charge in [0, 0.05) is 16.0 Å². The van der Waals surface area contributed by atoms with Crippen LogP contribution in [0.2, 0.25) is 5.02 Å². The van der Waals surface area contributed by atoms with Crippen LogP contribution in [0, 0.1) is 0 Å². The Bertz CT molecular complexity index is 1560. The van der Waals surface area contributed by atoms with E-state index in [1.807, 2.05) is 54.6 Å². The molecule has 0 spiro atoms. The molecule has 0 aliphatic carbocycles. The summed E-state index contributed by atoms with van der Waals surface area (Å²) < 4.78 is 7.96. The lowest BCUT2D eigenvalue weighted by Crippen LogP contribution is -1.97. The summed E-state index contributed by atoms with van der Waals surface area (Å²) in [6, 6.07) is 23.4. The second kappa shape index (κ2) is 7.37. The summed E-state index contributed by atoms with van der Waals surface area (Å²) in [5, 5.41) is 10.9. The maximum Gasteiger partial charge on any atom is 0.247 e. The molecule has 0 N–H and O–H groups in total. The fourth-order valence-corrected chi connectivity index (χ4v) is 4.53. The summed E-state index contributed by atoms with van der Waals surface area (Å²) in [6.07, 6.45) is 0. The molecule has 0 atom stereocenters. The predicted octanol–water partition coefficient (Wildman–Crippen LogP) is 6.03. The van der Waals surface area contributed by atoms with Crippen molar-refractivity contribution in [3.05, 3.63) is 83.7 Å². The lowest BCUT2D eigenvalue weighted by atomic mass is 10.2. The summed E-state index contributed by atoms with van der Waals surface area (Å²) >= 11 is 7.50. The molecule has 0 saturated carbocycles. The van der Waals surface area contributed by atoms with E-state index in [9.17, 15) is 0 Å². The number of fused-ring (bicyclic) bond motifs is 5. The van der Waals surface area contributed by atoms with E-state index in [-0.39, 0.29) is 0 Å². The molecule has 6 rings (SSSR count). The van der Waals surface area contributed by atoms with Crippen LogP contribution in [-0.4, -0.2) is 24.6 Å². The highest BCUT2D eigenvalue weighted by molar-refractivity contribution is 7.98. The van der Waals surface area contributed by atoms with Crippen LogP contribution in [0.1, 0.15) is 5.89 Å². The van der Waals surface area contributed by atoms with Gasteiger partial charge in [0.25, 0.3) is 0 Å². The minimum absolute atomic E-state index is 0.469. The maximum absolute atomic E-state index is 5.96. The van der Waals surface area contributed by atoms with Crippen LogP contribution in [0.3, 0.4) is 0 Å². The number of aromatic nitrogens is 5. The van der Waals surface area contributed by atoms with E-state index in [2.05, 4.69) is 20.7 Å². The topological polar surface area (TPSA) is 69.1 Å². The van der Waals surface area contributed by atoms with Gasteiger partial charge in [0.1, 0.15) is 5.65 Å². The van der Waals surface area contributed by atoms with E-state index in [1.54, 1.807) is 23.9 Å². The van der Waals surface area contributed by atoms with E-state index in [0.717, 1.165) is 38.3 Å². The third kappa shape index (κ3) is 3.22. The molecule has 6 aromatic rings. The Morgan fingerprint density at radius 3 is 2.48 bits per heavy atom. The van der Waals surface area contributed by atoms with Gasteiger partial charge in [0.15, 0.2) is 5.16 Å². The van der Waals surface area contributed by atoms with Crippen molar-refractivity contribution in [2.24, 2.45) is 0 Å². The van der Waals surface area contributed by atoms with E-state index in [1.165, 1.54) is 0 Å². The molecule has 0 unspecified atom stereocenters. The Morgan fingerprint density at radius 1 is 0.839 bits per heavy atom. The molecule has 0 bridgehead atoms. The van der Waals surface area contributed by atoms with Crippen LogP contribution < -0.4 is 0 Å². The molecule has 0 radical (unpaired) electrons. The van der Waals surface area contributed by atoms with Crippen molar-refractivity contribution in [3.63, 3.8) is 0 Å². The van der Waals surface area contributed by atoms with Crippen molar-refractivity contribution >= 4 is 50.9 Å². The van der Waals surface area contributed by atoms with Crippen molar-refractivity contribution in [2.75, 3.05) is 0 Å². The third-order valence-corrected chi connectivity index (χ3v) is 6.17. The SMILES string of the molecule is Clc1ccc(-c2nnc(CSc3nc4ccccc4c4nc5ccccc5n34)o2)cc1. The zero-order valence-electron chi connectivity index (χ0n) is 16.1. The second-order valence-electron chi connectivity index (χ2n) is 6.97. The van der Waals surface area contributed by atoms with Gasteiger partial charge in [0.2, 0.25) is 11.8 Å². The van der Waals surface area contributed by atoms with Gasteiger partial charge in [-0.1, -0.05) is 47.6 Å². The molecule has 3 aromatic heterocycles. The standard InChI is InChI=1S/C23H14ClN5OS/c24-15-11-9-14(10-12-15)22-28-27-20(30-22)13-31-23-26-17-6-2-1-5-16(17)21-25-18-7-3-4-8-19(18)29(21)23/h1-12H,13H2. The average Bonchev–Trinajstić information content (AvgIpc) is 3.43. The summed E-state index contributed by atoms with van der Waals surface area (Å²) in [7, 11) is 0. The number of para-hydroxylation sites is 3. The lowest BCUT2D eigenvalue weighted by molar-refractivity contribution is 0.528. The molecule has 31 heavy (non-hydrogen) atoms. The number of hydrogen-bond acceptors (Lipinski definition) is 6. The molecule has 3 aromatic carbocycles. The monoisotopic (exact) mass is 443 g/mol. The average molecular weight is 444 g/mol. The first-order chi connectivity index (χ1) is 15.3. The Balaban J connectivity index is 1.40. The number of hydrogen-bond donors (Lipinski definition) is 0. The molecular formula is C23H14ClN5OS. The van der Waals surface area contributed by atoms with E-state index < -0.39 is 0 Å². The van der Waals surface area contributed by atoms with E-state index >= 15 is 0 Å². The van der Waals surface area contributed by atoms with Crippen molar-refractivity contribution < 1.29 is 4.42 Å². The number of benzene rings is 3. The summed E-state index contributed by atoms with van der Waals surface area (Å²) in [6.45, 7) is 0. The van der Waals surface area contributed by atoms with Crippen LogP contribution in [-0.2, 0) is 5.75 Å². The first kappa shape index (κ1) is 18.4. The van der Waals surface area contributed by atoms with Gasteiger partial charge in [-0.05, 0) is 48.5 Å². The normalized spacial score (nSPS) is 11.6. The van der Waals surface area contributed by atoms with Gasteiger partial charge in [-0.2, -0.15) is 0 Å². The molecule has 8 heteroatoms. The Labute approximate surface area is 185 Å². The molecule has 6 nitrogen and oxygen atoms in total. The van der Waals surface area contributed by atoms with Gasteiger partial charge in [0.05, 0.1) is 22.3 Å². The van der Waals surface area contributed by atoms with Crippen molar-refractivity contribution in [1.29, 1.82) is 0 Å². The second-order valence-corrected chi connectivity index (χ2v) is 8.35. The van der Waals surface area contributed by atoms with Crippen LogP contribution in [0.15, 0.2) is 82.4 Å². The van der Waals surface area contributed by atoms with Crippen molar-refractivity contribution in [3.8, 4) is 11.5 Å². The predicted molar refractivity (Wildman–Crippen MR) is 122 cm³/mol. The van der Waals surface area contributed by atoms with Crippen LogP contribution in [0.4, 0.5) is 0 Å². The molecule has 150 valence electrons. The quantitative estimate of drug-likeness (QED) is 0.244. The minimum atomic E-state index is 0.469. The third-order valence-electron chi connectivity index (χ3n) is 5.00. The summed E-state index contributed by atoms with van der Waals surface area (Å²) in [4.78, 5) is 9.75. The highest BCUT2D eigenvalue weighted by atomic mass is 35.5. The number of nitrogens with zero attached hydrogens (tertiary/aromatic N) is 5. The molecule has 0 saturated heterocycles. The van der Waals surface area contributed by atoms with Crippen LogP contribution in [0.5, 0.6) is 0 Å².